The van der Waals surface area contributed by atoms with Crippen LogP contribution in [0.25, 0.3) is 0 Å². The van der Waals surface area contributed by atoms with Gasteiger partial charge in [-0.25, -0.2) is 0 Å². The summed E-state index contributed by atoms with van der Waals surface area (Å²) in [5.74, 6) is 2.82. The van der Waals surface area contributed by atoms with E-state index in [4.69, 9.17) is 10.00 Å². The summed E-state index contributed by atoms with van der Waals surface area (Å²) in [5.41, 5.74) is 1.19. The molecule has 1 rings (SSSR count). The van der Waals surface area contributed by atoms with E-state index in [1.54, 1.807) is 0 Å². The molecule has 0 aromatic heterocycles. The van der Waals surface area contributed by atoms with Crippen LogP contribution in [0.3, 0.4) is 0 Å². The van der Waals surface area contributed by atoms with Crippen LogP contribution < -0.4 is 10.1 Å². The first kappa shape index (κ1) is 16.5. The molecule has 1 aromatic carbocycles. The summed E-state index contributed by atoms with van der Waals surface area (Å²) in [7, 11) is 0. The zero-order valence-electron chi connectivity index (χ0n) is 13.0. The molecule has 0 radical (unpaired) electrons. The lowest BCUT2D eigenvalue weighted by Gasteiger charge is -2.25. The van der Waals surface area contributed by atoms with Gasteiger partial charge in [-0.3, -0.25) is 0 Å². The Morgan fingerprint density at radius 3 is 2.50 bits per heavy atom. The maximum absolute atomic E-state index is 8.52. The predicted octanol–water partition coefficient (Wildman–Crippen LogP) is 3.61. The lowest BCUT2D eigenvalue weighted by atomic mass is 9.85. The van der Waals surface area contributed by atoms with Crippen molar-refractivity contribution in [2.45, 2.75) is 34.2 Å². The van der Waals surface area contributed by atoms with E-state index in [-0.39, 0.29) is 6.61 Å². The number of hydrogen-bond donors (Lipinski definition) is 1. The molecule has 0 aliphatic rings. The van der Waals surface area contributed by atoms with Gasteiger partial charge in [0.2, 0.25) is 0 Å². The molecule has 0 aliphatic carbocycles. The maximum Gasteiger partial charge on any atom is 0.174 e. The van der Waals surface area contributed by atoms with Crippen molar-refractivity contribution in [1.82, 2.24) is 5.32 Å². The summed E-state index contributed by atoms with van der Waals surface area (Å²) >= 11 is 0. The van der Waals surface area contributed by atoms with Crippen LogP contribution in [0.5, 0.6) is 5.75 Å². The molecule has 0 atom stereocenters. The first-order valence-corrected chi connectivity index (χ1v) is 7.34. The Hall–Kier alpha value is -1.53. The summed E-state index contributed by atoms with van der Waals surface area (Å²) in [6.07, 6.45) is 0. The van der Waals surface area contributed by atoms with Crippen LogP contribution in [-0.4, -0.2) is 13.2 Å². The van der Waals surface area contributed by atoms with E-state index in [1.807, 2.05) is 24.3 Å². The normalized spacial score (nSPS) is 11.1. The Labute approximate surface area is 123 Å². The molecule has 3 heteroatoms. The van der Waals surface area contributed by atoms with Crippen molar-refractivity contribution in [2.24, 2.45) is 17.8 Å². The summed E-state index contributed by atoms with van der Waals surface area (Å²) in [5, 5.41) is 12.0. The van der Waals surface area contributed by atoms with Crippen LogP contribution in [0.4, 0.5) is 0 Å². The van der Waals surface area contributed by atoms with E-state index in [0.717, 1.165) is 18.8 Å². The highest BCUT2D eigenvalue weighted by molar-refractivity contribution is 5.28. The van der Waals surface area contributed by atoms with Gasteiger partial charge in [0.05, 0.1) is 0 Å². The first-order valence-electron chi connectivity index (χ1n) is 7.34. The molecule has 1 N–H and O–H groups in total. The summed E-state index contributed by atoms with van der Waals surface area (Å²) in [4.78, 5) is 0. The smallest absolute Gasteiger partial charge is 0.174 e. The van der Waals surface area contributed by atoms with Crippen LogP contribution in [0, 0.1) is 29.1 Å². The molecule has 20 heavy (non-hydrogen) atoms. The summed E-state index contributed by atoms with van der Waals surface area (Å²) in [6.45, 7) is 11.1. The summed E-state index contributed by atoms with van der Waals surface area (Å²) in [6, 6.07) is 9.89. The standard InChI is InChI=1S/C17H26N2O/c1-13(2)17(14(3)4)12-19-11-15-6-5-7-16(10-15)20-9-8-18/h5-7,10,13-14,17,19H,9,11-12H2,1-4H3. The van der Waals surface area contributed by atoms with Crippen molar-refractivity contribution in [3.8, 4) is 11.8 Å². The fourth-order valence-electron chi connectivity index (χ4n) is 2.49. The van der Waals surface area contributed by atoms with Crippen molar-refractivity contribution < 1.29 is 4.74 Å². The van der Waals surface area contributed by atoms with Gasteiger partial charge in [0.25, 0.3) is 0 Å². The molecule has 0 fully saturated rings. The molecule has 110 valence electrons. The second kappa shape index (κ2) is 8.60. The third-order valence-corrected chi connectivity index (χ3v) is 3.62. The van der Waals surface area contributed by atoms with E-state index >= 15 is 0 Å². The molecule has 0 saturated heterocycles. The second-order valence-corrected chi connectivity index (χ2v) is 5.88. The van der Waals surface area contributed by atoms with Crippen LogP contribution in [0.15, 0.2) is 24.3 Å². The van der Waals surface area contributed by atoms with Gasteiger partial charge in [-0.1, -0.05) is 39.8 Å². The third kappa shape index (κ3) is 5.63. The lowest BCUT2D eigenvalue weighted by Crippen LogP contribution is -2.29. The number of nitrogens with one attached hydrogen (secondary N) is 1. The van der Waals surface area contributed by atoms with Crippen LogP contribution in [0.1, 0.15) is 33.3 Å². The van der Waals surface area contributed by atoms with Gasteiger partial charge in [0.1, 0.15) is 11.8 Å². The molecule has 0 unspecified atom stereocenters. The average molecular weight is 274 g/mol. The molecule has 1 aromatic rings. The van der Waals surface area contributed by atoms with E-state index in [0.29, 0.717) is 17.8 Å². The highest BCUT2D eigenvalue weighted by Crippen LogP contribution is 2.20. The minimum Gasteiger partial charge on any atom is -0.479 e. The van der Waals surface area contributed by atoms with Gasteiger partial charge in [-0.2, -0.15) is 5.26 Å². The fraction of sp³-hybridized carbons (Fsp3) is 0.588. The fourth-order valence-corrected chi connectivity index (χ4v) is 2.49. The highest BCUT2D eigenvalue weighted by Gasteiger charge is 2.16. The zero-order chi connectivity index (χ0) is 15.0. The van der Waals surface area contributed by atoms with Crippen molar-refractivity contribution in [3.05, 3.63) is 29.8 Å². The van der Waals surface area contributed by atoms with Gasteiger partial charge in [0, 0.05) is 6.54 Å². The number of nitriles is 1. The molecule has 0 saturated carbocycles. The average Bonchev–Trinajstić information content (AvgIpc) is 2.41. The van der Waals surface area contributed by atoms with E-state index in [2.05, 4.69) is 39.1 Å². The molecule has 0 spiro atoms. The molecule has 0 bridgehead atoms. The van der Waals surface area contributed by atoms with E-state index in [9.17, 15) is 0 Å². The molecular formula is C17H26N2O. The Balaban J connectivity index is 2.47. The second-order valence-electron chi connectivity index (χ2n) is 5.88. The summed E-state index contributed by atoms with van der Waals surface area (Å²) < 4.78 is 5.31. The van der Waals surface area contributed by atoms with Crippen LogP contribution in [-0.2, 0) is 6.54 Å². The minimum absolute atomic E-state index is 0.0969. The Morgan fingerprint density at radius 1 is 1.20 bits per heavy atom. The van der Waals surface area contributed by atoms with E-state index < -0.39 is 0 Å². The zero-order valence-corrected chi connectivity index (χ0v) is 13.0. The minimum atomic E-state index is 0.0969. The van der Waals surface area contributed by atoms with Gasteiger partial charge >= 0.3 is 0 Å². The van der Waals surface area contributed by atoms with Gasteiger partial charge in [0.15, 0.2) is 6.61 Å². The molecule has 0 aliphatic heterocycles. The number of ether oxygens (including phenoxy) is 1. The van der Waals surface area contributed by atoms with Gasteiger partial charge in [-0.05, 0) is 42.0 Å². The topological polar surface area (TPSA) is 45.0 Å². The molecule has 3 nitrogen and oxygen atoms in total. The SMILES string of the molecule is CC(C)C(CNCc1cccc(OCC#N)c1)C(C)C. The Kier molecular flexibility index (Phi) is 7.11. The van der Waals surface area contributed by atoms with Gasteiger partial charge < -0.3 is 10.1 Å². The van der Waals surface area contributed by atoms with Crippen molar-refractivity contribution >= 4 is 0 Å². The predicted molar refractivity (Wildman–Crippen MR) is 82.4 cm³/mol. The Bertz CT molecular complexity index is 427. The highest BCUT2D eigenvalue weighted by atomic mass is 16.5. The number of benzene rings is 1. The number of nitrogens with zero attached hydrogens (tertiary/aromatic N) is 1. The van der Waals surface area contributed by atoms with Crippen molar-refractivity contribution in [2.75, 3.05) is 13.2 Å². The maximum atomic E-state index is 8.52. The Morgan fingerprint density at radius 2 is 1.90 bits per heavy atom. The molecule has 0 heterocycles. The third-order valence-electron chi connectivity index (χ3n) is 3.62. The van der Waals surface area contributed by atoms with Crippen LogP contribution >= 0.6 is 0 Å². The molecule has 0 amide bonds. The lowest BCUT2D eigenvalue weighted by molar-refractivity contribution is 0.275. The quantitative estimate of drug-likeness (QED) is 0.787. The van der Waals surface area contributed by atoms with E-state index in [1.165, 1.54) is 5.56 Å². The number of rotatable bonds is 8. The van der Waals surface area contributed by atoms with Crippen molar-refractivity contribution in [3.63, 3.8) is 0 Å². The van der Waals surface area contributed by atoms with Crippen molar-refractivity contribution in [1.29, 1.82) is 5.26 Å². The first-order chi connectivity index (χ1) is 9.54. The number of hydrogen-bond acceptors (Lipinski definition) is 3. The van der Waals surface area contributed by atoms with Gasteiger partial charge in [-0.15, -0.1) is 0 Å². The largest absolute Gasteiger partial charge is 0.479 e. The monoisotopic (exact) mass is 274 g/mol. The molecular weight excluding hydrogens is 248 g/mol. The van der Waals surface area contributed by atoms with Crippen LogP contribution in [0.2, 0.25) is 0 Å².